The first-order chi connectivity index (χ1) is 4.23. The van der Waals surface area contributed by atoms with Gasteiger partial charge in [-0.2, -0.15) is 0 Å². The van der Waals surface area contributed by atoms with E-state index in [1.165, 1.54) is 12.8 Å². The predicted molar refractivity (Wildman–Crippen MR) is 33.4 cm³/mol. The van der Waals surface area contributed by atoms with Crippen LogP contribution in [0.4, 0.5) is 0 Å². The van der Waals surface area contributed by atoms with Gasteiger partial charge in [-0.3, -0.25) is 4.79 Å². The molecule has 64 valence electrons. The van der Waals surface area contributed by atoms with Crippen LogP contribution in [0, 0.1) is 0 Å². The molecule has 1 rings (SSSR count). The minimum atomic E-state index is -0.833. The molecule has 0 radical (unpaired) electrons. The van der Waals surface area contributed by atoms with E-state index in [0.29, 0.717) is 0 Å². The van der Waals surface area contributed by atoms with Gasteiger partial charge in [-0.1, -0.05) is 0 Å². The van der Waals surface area contributed by atoms with Crippen LogP contribution in [-0.2, 0) is 30.0 Å². The molecule has 1 aliphatic heterocycles. The Hall–Kier alpha value is 0.0923. The molecule has 0 saturated carbocycles. The average molecular weight is 239 g/mol. The summed E-state index contributed by atoms with van der Waals surface area (Å²) < 4.78 is 4.94. The third kappa shape index (κ3) is 15.7. The standard InChI is InChI=1S/C4H8O.C2H4O2.Pd/c1-2-4-5-3-1;1-2(3)4;/h1-4H2;1H3,(H,3,4);. The van der Waals surface area contributed by atoms with E-state index in [-0.39, 0.29) is 20.4 Å². The molecule has 0 aromatic heterocycles. The minimum Gasteiger partial charge on any atom is -0.481 e. The molecule has 1 heterocycles. The maximum Gasteiger partial charge on any atom is 0.300 e. The molecular formula is C6H12O3Pd. The Morgan fingerprint density at radius 1 is 1.40 bits per heavy atom. The quantitative estimate of drug-likeness (QED) is 0.638. The smallest absolute Gasteiger partial charge is 0.300 e. The maximum atomic E-state index is 9.00. The molecule has 1 aliphatic rings. The minimum absolute atomic E-state index is 0. The van der Waals surface area contributed by atoms with Gasteiger partial charge in [0.15, 0.2) is 0 Å². The van der Waals surface area contributed by atoms with Crippen LogP contribution in [0.25, 0.3) is 0 Å². The van der Waals surface area contributed by atoms with Crippen molar-refractivity contribution in [2.75, 3.05) is 13.2 Å². The number of carbonyl (C=O) groups is 1. The van der Waals surface area contributed by atoms with E-state index in [1.807, 2.05) is 0 Å². The Bertz CT molecular complexity index is 69.5. The zero-order valence-electron chi connectivity index (χ0n) is 5.91. The Kier molecular flexibility index (Phi) is 11.6. The topological polar surface area (TPSA) is 46.5 Å². The molecule has 0 amide bonds. The SMILES string of the molecule is C1CCOC1.CC(=O)O.[Pd]. The largest absolute Gasteiger partial charge is 0.481 e. The second kappa shape index (κ2) is 9.09. The Morgan fingerprint density at radius 3 is 1.80 bits per heavy atom. The molecule has 0 unspecified atom stereocenters. The third-order valence-electron chi connectivity index (χ3n) is 0.827. The van der Waals surface area contributed by atoms with Crippen molar-refractivity contribution >= 4 is 5.97 Å². The van der Waals surface area contributed by atoms with Crippen LogP contribution in [0.1, 0.15) is 19.8 Å². The van der Waals surface area contributed by atoms with Crippen LogP contribution < -0.4 is 0 Å². The van der Waals surface area contributed by atoms with Gasteiger partial charge in [0.1, 0.15) is 0 Å². The summed E-state index contributed by atoms with van der Waals surface area (Å²) in [5.74, 6) is -0.833. The monoisotopic (exact) mass is 238 g/mol. The molecule has 3 nitrogen and oxygen atoms in total. The molecule has 10 heavy (non-hydrogen) atoms. The fraction of sp³-hybridized carbons (Fsp3) is 0.833. The summed E-state index contributed by atoms with van der Waals surface area (Å²) in [6.07, 6.45) is 2.56. The van der Waals surface area contributed by atoms with Gasteiger partial charge in [0.2, 0.25) is 0 Å². The molecule has 0 bridgehead atoms. The molecule has 0 atom stereocenters. The predicted octanol–water partition coefficient (Wildman–Crippen LogP) is 0.885. The number of carboxylic acids is 1. The first-order valence-corrected chi connectivity index (χ1v) is 3.01. The van der Waals surface area contributed by atoms with Crippen LogP contribution in [0.3, 0.4) is 0 Å². The fourth-order valence-corrected chi connectivity index (χ4v) is 0.510. The first kappa shape index (κ1) is 12.7. The molecule has 0 aliphatic carbocycles. The summed E-state index contributed by atoms with van der Waals surface area (Å²) in [4.78, 5) is 9.00. The molecule has 0 aromatic carbocycles. The number of hydrogen-bond donors (Lipinski definition) is 1. The van der Waals surface area contributed by atoms with Crippen molar-refractivity contribution in [3.05, 3.63) is 0 Å². The van der Waals surface area contributed by atoms with E-state index in [4.69, 9.17) is 14.6 Å². The number of hydrogen-bond acceptors (Lipinski definition) is 2. The van der Waals surface area contributed by atoms with Gasteiger partial charge in [0.25, 0.3) is 5.97 Å². The van der Waals surface area contributed by atoms with E-state index in [0.717, 1.165) is 20.1 Å². The summed E-state index contributed by atoms with van der Waals surface area (Å²) >= 11 is 0. The van der Waals surface area contributed by atoms with Gasteiger partial charge in [0.05, 0.1) is 0 Å². The number of rotatable bonds is 0. The molecule has 1 fully saturated rings. The molecular weight excluding hydrogens is 226 g/mol. The molecule has 0 spiro atoms. The van der Waals surface area contributed by atoms with Crippen LogP contribution in [0.15, 0.2) is 0 Å². The van der Waals surface area contributed by atoms with E-state index in [9.17, 15) is 0 Å². The van der Waals surface area contributed by atoms with Crippen LogP contribution in [0.2, 0.25) is 0 Å². The average Bonchev–Trinajstić information content (AvgIpc) is 2.11. The maximum absolute atomic E-state index is 9.00. The van der Waals surface area contributed by atoms with Crippen molar-refractivity contribution in [1.82, 2.24) is 0 Å². The molecule has 0 aromatic rings. The second-order valence-corrected chi connectivity index (χ2v) is 1.84. The van der Waals surface area contributed by atoms with Gasteiger partial charge in [-0.05, 0) is 12.8 Å². The van der Waals surface area contributed by atoms with E-state index < -0.39 is 5.97 Å². The number of aliphatic carboxylic acids is 1. The second-order valence-electron chi connectivity index (χ2n) is 1.84. The summed E-state index contributed by atoms with van der Waals surface area (Å²) in [5, 5.41) is 7.42. The first-order valence-electron chi connectivity index (χ1n) is 3.01. The number of carboxylic acid groups (broad SMARTS) is 1. The zero-order valence-corrected chi connectivity index (χ0v) is 7.46. The van der Waals surface area contributed by atoms with Crippen molar-refractivity contribution in [2.24, 2.45) is 0 Å². The van der Waals surface area contributed by atoms with Crippen molar-refractivity contribution in [3.8, 4) is 0 Å². The summed E-state index contributed by atoms with van der Waals surface area (Å²) in [5.41, 5.74) is 0. The Labute approximate surface area is 74.4 Å². The van der Waals surface area contributed by atoms with Crippen LogP contribution in [0.5, 0.6) is 0 Å². The van der Waals surface area contributed by atoms with E-state index in [1.54, 1.807) is 0 Å². The normalized spacial score (nSPS) is 14.5. The number of ether oxygens (including phenoxy) is 1. The van der Waals surface area contributed by atoms with Gasteiger partial charge >= 0.3 is 0 Å². The summed E-state index contributed by atoms with van der Waals surface area (Å²) in [7, 11) is 0. The van der Waals surface area contributed by atoms with Crippen molar-refractivity contribution < 1.29 is 35.1 Å². The van der Waals surface area contributed by atoms with Crippen LogP contribution >= 0.6 is 0 Å². The summed E-state index contributed by atoms with van der Waals surface area (Å²) in [6.45, 7) is 3.08. The molecule has 1 saturated heterocycles. The molecule has 1 N–H and O–H groups in total. The zero-order chi connectivity index (χ0) is 7.11. The van der Waals surface area contributed by atoms with Gasteiger partial charge in [-0.15, -0.1) is 0 Å². The van der Waals surface area contributed by atoms with Gasteiger partial charge < -0.3 is 9.84 Å². The van der Waals surface area contributed by atoms with Gasteiger partial charge in [0, 0.05) is 40.6 Å². The van der Waals surface area contributed by atoms with Crippen LogP contribution in [-0.4, -0.2) is 24.3 Å². The Morgan fingerprint density at radius 2 is 1.70 bits per heavy atom. The van der Waals surface area contributed by atoms with Crippen molar-refractivity contribution in [1.29, 1.82) is 0 Å². The Balaban J connectivity index is 0. The molecule has 4 heteroatoms. The third-order valence-corrected chi connectivity index (χ3v) is 0.827. The fourth-order valence-electron chi connectivity index (χ4n) is 0.510. The van der Waals surface area contributed by atoms with Crippen molar-refractivity contribution in [2.45, 2.75) is 19.8 Å². The van der Waals surface area contributed by atoms with E-state index in [2.05, 4.69) is 0 Å². The van der Waals surface area contributed by atoms with Crippen molar-refractivity contribution in [3.63, 3.8) is 0 Å². The van der Waals surface area contributed by atoms with Gasteiger partial charge in [-0.25, -0.2) is 0 Å². The van der Waals surface area contributed by atoms with E-state index >= 15 is 0 Å². The summed E-state index contributed by atoms with van der Waals surface area (Å²) in [6, 6.07) is 0.